The zero-order chi connectivity index (χ0) is 14.5. The lowest BCUT2D eigenvalue weighted by molar-refractivity contribution is -0.136. The summed E-state index contributed by atoms with van der Waals surface area (Å²) in [6.45, 7) is 2.47. The second-order valence-corrected chi connectivity index (χ2v) is 4.94. The van der Waals surface area contributed by atoms with Gasteiger partial charge in [0, 0.05) is 10.9 Å². The number of aromatic nitrogens is 1. The van der Waals surface area contributed by atoms with E-state index in [0.717, 1.165) is 11.3 Å². The summed E-state index contributed by atoms with van der Waals surface area (Å²) < 4.78 is 10.7. The van der Waals surface area contributed by atoms with E-state index in [9.17, 15) is 4.79 Å². The predicted molar refractivity (Wildman–Crippen MR) is 76.6 cm³/mol. The summed E-state index contributed by atoms with van der Waals surface area (Å²) in [5.41, 5.74) is 1.62. The van der Waals surface area contributed by atoms with E-state index >= 15 is 0 Å². The summed E-state index contributed by atoms with van der Waals surface area (Å²) in [6, 6.07) is 5.55. The van der Waals surface area contributed by atoms with Gasteiger partial charge in [-0.05, 0) is 25.1 Å². The van der Waals surface area contributed by atoms with E-state index in [-0.39, 0.29) is 6.42 Å². The van der Waals surface area contributed by atoms with E-state index in [0.29, 0.717) is 23.1 Å². The normalized spacial score (nSPS) is 10.3. The summed E-state index contributed by atoms with van der Waals surface area (Å²) in [7, 11) is 1.58. The van der Waals surface area contributed by atoms with Gasteiger partial charge in [-0.25, -0.2) is 4.98 Å². The largest absolute Gasteiger partial charge is 0.493 e. The molecule has 0 unspecified atom stereocenters. The zero-order valence-electron chi connectivity index (χ0n) is 11.3. The Kier molecular flexibility index (Phi) is 4.57. The number of carboxylic acid groups (broad SMARTS) is 1. The highest BCUT2D eigenvalue weighted by atomic mass is 32.1. The van der Waals surface area contributed by atoms with Crippen molar-refractivity contribution in [2.24, 2.45) is 0 Å². The first-order valence-corrected chi connectivity index (χ1v) is 6.99. The fourth-order valence-corrected chi connectivity index (χ4v) is 2.55. The van der Waals surface area contributed by atoms with Crippen molar-refractivity contribution in [3.63, 3.8) is 0 Å². The Bertz CT molecular complexity index is 609. The molecule has 0 atom stereocenters. The van der Waals surface area contributed by atoms with E-state index in [4.69, 9.17) is 14.6 Å². The molecule has 0 saturated carbocycles. The molecule has 1 heterocycles. The lowest BCUT2D eigenvalue weighted by atomic mass is 10.1. The third-order valence-corrected chi connectivity index (χ3v) is 3.46. The molecule has 0 aliphatic heterocycles. The Balaban J connectivity index is 2.28. The molecular weight excluding hydrogens is 278 g/mol. The number of thiazole rings is 1. The van der Waals surface area contributed by atoms with Gasteiger partial charge < -0.3 is 14.6 Å². The molecule has 1 aromatic carbocycles. The number of carbonyl (C=O) groups is 1. The molecule has 0 saturated heterocycles. The lowest BCUT2D eigenvalue weighted by Gasteiger charge is -2.10. The Morgan fingerprint density at radius 3 is 2.85 bits per heavy atom. The standard InChI is InChI=1S/C14H15NO4S/c1-3-19-11-5-4-9(6-12(11)18-2)10-8-20-13(15-10)7-14(16)17/h4-6,8H,3,7H2,1-2H3,(H,16,17). The van der Waals surface area contributed by atoms with Crippen molar-refractivity contribution in [2.45, 2.75) is 13.3 Å². The highest BCUT2D eigenvalue weighted by molar-refractivity contribution is 7.10. The third-order valence-electron chi connectivity index (χ3n) is 2.61. The molecule has 1 aromatic heterocycles. The summed E-state index contributed by atoms with van der Waals surface area (Å²) >= 11 is 1.34. The summed E-state index contributed by atoms with van der Waals surface area (Å²) in [6.07, 6.45) is -0.0567. The van der Waals surface area contributed by atoms with Gasteiger partial charge in [0.05, 0.1) is 25.8 Å². The second kappa shape index (κ2) is 6.38. The number of hydrogen-bond acceptors (Lipinski definition) is 5. The minimum absolute atomic E-state index is 0.0567. The molecular formula is C14H15NO4S. The monoisotopic (exact) mass is 293 g/mol. The van der Waals surface area contributed by atoms with Crippen molar-refractivity contribution in [3.05, 3.63) is 28.6 Å². The van der Waals surface area contributed by atoms with Crippen LogP contribution in [-0.4, -0.2) is 29.8 Å². The lowest BCUT2D eigenvalue weighted by Crippen LogP contribution is -1.99. The number of carboxylic acids is 1. The molecule has 0 amide bonds. The molecule has 2 rings (SSSR count). The fraction of sp³-hybridized carbons (Fsp3) is 0.286. The van der Waals surface area contributed by atoms with Gasteiger partial charge >= 0.3 is 5.97 Å². The van der Waals surface area contributed by atoms with E-state index in [2.05, 4.69) is 4.98 Å². The van der Waals surface area contributed by atoms with Crippen LogP contribution in [0.4, 0.5) is 0 Å². The number of hydrogen-bond donors (Lipinski definition) is 1. The maximum Gasteiger partial charge on any atom is 0.310 e. The van der Waals surface area contributed by atoms with Crippen LogP contribution < -0.4 is 9.47 Å². The Morgan fingerprint density at radius 1 is 1.40 bits per heavy atom. The van der Waals surface area contributed by atoms with Gasteiger partial charge in [-0.3, -0.25) is 4.79 Å². The molecule has 0 spiro atoms. The molecule has 6 heteroatoms. The summed E-state index contributed by atoms with van der Waals surface area (Å²) in [5, 5.41) is 11.2. The topological polar surface area (TPSA) is 68.7 Å². The molecule has 106 valence electrons. The van der Waals surface area contributed by atoms with Gasteiger partial charge in [0.25, 0.3) is 0 Å². The van der Waals surface area contributed by atoms with Crippen LogP contribution in [0.3, 0.4) is 0 Å². The predicted octanol–water partition coefficient (Wildman–Crippen LogP) is 2.84. The van der Waals surface area contributed by atoms with Crippen LogP contribution in [0.5, 0.6) is 11.5 Å². The molecule has 0 fully saturated rings. The first kappa shape index (κ1) is 14.3. The zero-order valence-corrected chi connectivity index (χ0v) is 12.1. The molecule has 0 bridgehead atoms. The minimum Gasteiger partial charge on any atom is -0.493 e. The number of methoxy groups -OCH3 is 1. The van der Waals surface area contributed by atoms with E-state index in [1.807, 2.05) is 30.5 Å². The number of benzene rings is 1. The van der Waals surface area contributed by atoms with Crippen LogP contribution in [0, 0.1) is 0 Å². The average molecular weight is 293 g/mol. The van der Waals surface area contributed by atoms with Crippen LogP contribution in [-0.2, 0) is 11.2 Å². The molecule has 2 aromatic rings. The van der Waals surface area contributed by atoms with Crippen molar-refractivity contribution >= 4 is 17.3 Å². The number of aliphatic carboxylic acids is 1. The van der Waals surface area contributed by atoms with E-state index in [1.165, 1.54) is 11.3 Å². The van der Waals surface area contributed by atoms with Crippen molar-refractivity contribution < 1.29 is 19.4 Å². The quantitative estimate of drug-likeness (QED) is 0.887. The smallest absolute Gasteiger partial charge is 0.310 e. The van der Waals surface area contributed by atoms with E-state index in [1.54, 1.807) is 7.11 Å². The van der Waals surface area contributed by atoms with Crippen LogP contribution in [0.2, 0.25) is 0 Å². The minimum atomic E-state index is -0.879. The van der Waals surface area contributed by atoms with Crippen LogP contribution >= 0.6 is 11.3 Å². The molecule has 0 radical (unpaired) electrons. The van der Waals surface area contributed by atoms with Crippen molar-refractivity contribution in [1.29, 1.82) is 0 Å². The van der Waals surface area contributed by atoms with Crippen LogP contribution in [0.15, 0.2) is 23.6 Å². The van der Waals surface area contributed by atoms with Crippen LogP contribution in [0.25, 0.3) is 11.3 Å². The summed E-state index contributed by atoms with van der Waals surface area (Å²) in [5.74, 6) is 0.437. The Morgan fingerprint density at radius 2 is 2.20 bits per heavy atom. The molecule has 0 aliphatic rings. The number of rotatable bonds is 6. The molecule has 0 aliphatic carbocycles. The fourth-order valence-electron chi connectivity index (χ4n) is 1.76. The molecule has 5 nitrogen and oxygen atoms in total. The van der Waals surface area contributed by atoms with Gasteiger partial charge in [-0.2, -0.15) is 0 Å². The van der Waals surface area contributed by atoms with Gasteiger partial charge in [-0.15, -0.1) is 11.3 Å². The maximum atomic E-state index is 10.7. The molecule has 20 heavy (non-hydrogen) atoms. The number of nitrogens with zero attached hydrogens (tertiary/aromatic N) is 1. The Labute approximate surface area is 120 Å². The van der Waals surface area contributed by atoms with Crippen molar-refractivity contribution in [2.75, 3.05) is 13.7 Å². The van der Waals surface area contributed by atoms with E-state index < -0.39 is 5.97 Å². The average Bonchev–Trinajstić information content (AvgIpc) is 2.87. The van der Waals surface area contributed by atoms with Crippen molar-refractivity contribution in [3.8, 4) is 22.8 Å². The van der Waals surface area contributed by atoms with Gasteiger partial charge in [0.15, 0.2) is 11.5 Å². The first-order valence-electron chi connectivity index (χ1n) is 6.11. The maximum absolute atomic E-state index is 10.7. The van der Waals surface area contributed by atoms with Crippen LogP contribution in [0.1, 0.15) is 11.9 Å². The Hall–Kier alpha value is -2.08. The first-order chi connectivity index (χ1) is 9.63. The molecule has 1 N–H and O–H groups in total. The van der Waals surface area contributed by atoms with Gasteiger partial charge in [0.1, 0.15) is 5.01 Å². The van der Waals surface area contributed by atoms with Crippen molar-refractivity contribution in [1.82, 2.24) is 4.98 Å². The van der Waals surface area contributed by atoms with Gasteiger partial charge in [0.2, 0.25) is 0 Å². The highest BCUT2D eigenvalue weighted by Crippen LogP contribution is 2.33. The van der Waals surface area contributed by atoms with Gasteiger partial charge in [-0.1, -0.05) is 0 Å². The SMILES string of the molecule is CCOc1ccc(-c2csc(CC(=O)O)n2)cc1OC. The third kappa shape index (κ3) is 3.27. The highest BCUT2D eigenvalue weighted by Gasteiger charge is 2.11. The number of ether oxygens (including phenoxy) is 2. The second-order valence-electron chi connectivity index (χ2n) is 4.00. The summed E-state index contributed by atoms with van der Waals surface area (Å²) in [4.78, 5) is 15.0.